The number of hydrogen-bond donors (Lipinski definition) is 2. The first kappa shape index (κ1) is 19.4. The van der Waals surface area contributed by atoms with Gasteiger partial charge in [0.2, 0.25) is 11.0 Å². The largest absolute Gasteiger partial charge is 0.356 e. The van der Waals surface area contributed by atoms with Crippen LogP contribution in [0, 0.1) is 0 Å². The molecule has 0 aliphatic carbocycles. The molecule has 5 nitrogen and oxygen atoms in total. The van der Waals surface area contributed by atoms with Crippen LogP contribution < -0.4 is 10.6 Å². The van der Waals surface area contributed by atoms with E-state index in [-0.39, 0.29) is 11.2 Å². The van der Waals surface area contributed by atoms with E-state index in [4.69, 9.17) is 0 Å². The van der Waals surface area contributed by atoms with Crippen LogP contribution in [0.4, 0.5) is 5.13 Å². The average Bonchev–Trinajstić information content (AvgIpc) is 3.15. The van der Waals surface area contributed by atoms with Crippen molar-refractivity contribution < 1.29 is 4.79 Å². The van der Waals surface area contributed by atoms with Gasteiger partial charge in [-0.1, -0.05) is 83.8 Å². The van der Waals surface area contributed by atoms with E-state index in [9.17, 15) is 4.79 Å². The van der Waals surface area contributed by atoms with Gasteiger partial charge in [-0.15, -0.1) is 10.2 Å². The van der Waals surface area contributed by atoms with Gasteiger partial charge in [0.15, 0.2) is 4.34 Å². The molecule has 3 aromatic rings. The molecule has 0 fully saturated rings. The highest BCUT2D eigenvalue weighted by Crippen LogP contribution is 2.29. The minimum atomic E-state index is -0.212. The number of rotatable bonds is 9. The molecule has 0 aliphatic rings. The molecule has 2 aromatic carbocycles. The number of benzene rings is 2. The number of nitrogens with zero attached hydrogens (tertiary/aromatic N) is 2. The van der Waals surface area contributed by atoms with Crippen LogP contribution >= 0.6 is 23.1 Å². The highest BCUT2D eigenvalue weighted by Gasteiger charge is 2.16. The maximum Gasteiger partial charge on any atom is 0.233 e. The third kappa shape index (κ3) is 6.37. The molecular weight excluding hydrogens is 376 g/mol. The predicted molar refractivity (Wildman–Crippen MR) is 112 cm³/mol. The highest BCUT2D eigenvalue weighted by molar-refractivity contribution is 8.02. The Morgan fingerprint density at radius 3 is 2.41 bits per heavy atom. The van der Waals surface area contributed by atoms with E-state index in [1.165, 1.54) is 34.2 Å². The number of anilines is 1. The number of carbonyl (C=O) groups is 1. The molecule has 140 valence electrons. The van der Waals surface area contributed by atoms with Crippen molar-refractivity contribution in [2.45, 2.75) is 29.5 Å². The van der Waals surface area contributed by atoms with Crippen LogP contribution in [0.5, 0.6) is 0 Å². The fourth-order valence-corrected chi connectivity index (χ4v) is 4.34. The van der Waals surface area contributed by atoms with Gasteiger partial charge in [0.05, 0.1) is 5.25 Å². The second-order valence-corrected chi connectivity index (χ2v) is 8.56. The summed E-state index contributed by atoms with van der Waals surface area (Å²) in [5, 5.41) is 15.1. The molecule has 0 spiro atoms. The zero-order valence-corrected chi connectivity index (χ0v) is 16.7. The number of hydrogen-bond acceptors (Lipinski definition) is 6. The fourth-order valence-electron chi connectivity index (χ4n) is 2.43. The Kier molecular flexibility index (Phi) is 7.24. The van der Waals surface area contributed by atoms with Gasteiger partial charge in [-0.05, 0) is 24.5 Å². The summed E-state index contributed by atoms with van der Waals surface area (Å²) in [5.41, 5.74) is 2.41. The maximum atomic E-state index is 12.3. The molecule has 0 radical (unpaired) electrons. The van der Waals surface area contributed by atoms with Crippen LogP contribution in [0.1, 0.15) is 18.1 Å². The smallest absolute Gasteiger partial charge is 0.233 e. The number of aromatic nitrogens is 2. The zero-order chi connectivity index (χ0) is 18.9. The molecule has 0 saturated carbocycles. The van der Waals surface area contributed by atoms with E-state index in [1.54, 1.807) is 0 Å². The minimum Gasteiger partial charge on any atom is -0.356 e. The van der Waals surface area contributed by atoms with E-state index < -0.39 is 0 Å². The molecule has 0 aliphatic heterocycles. The summed E-state index contributed by atoms with van der Waals surface area (Å²) in [7, 11) is 0. The first-order chi connectivity index (χ1) is 13.2. The summed E-state index contributed by atoms with van der Waals surface area (Å²) in [5.74, 6) is 0.0184. The number of carbonyl (C=O) groups excluding carboxylic acids is 1. The number of amides is 1. The first-order valence-corrected chi connectivity index (χ1v) is 10.5. The summed E-state index contributed by atoms with van der Waals surface area (Å²) in [4.78, 5) is 12.3. The van der Waals surface area contributed by atoms with Crippen LogP contribution in [-0.4, -0.2) is 27.9 Å². The second-order valence-electron chi connectivity index (χ2n) is 6.00. The number of thioether (sulfide) groups is 1. The molecule has 27 heavy (non-hydrogen) atoms. The lowest BCUT2D eigenvalue weighted by atomic mass is 10.1. The first-order valence-electron chi connectivity index (χ1n) is 8.80. The van der Waals surface area contributed by atoms with Crippen molar-refractivity contribution in [1.29, 1.82) is 0 Å². The van der Waals surface area contributed by atoms with E-state index >= 15 is 0 Å². The van der Waals surface area contributed by atoms with Gasteiger partial charge in [0.25, 0.3) is 0 Å². The Labute approximate surface area is 167 Å². The summed E-state index contributed by atoms with van der Waals surface area (Å²) < 4.78 is 0.788. The lowest BCUT2D eigenvalue weighted by molar-refractivity contribution is -0.120. The van der Waals surface area contributed by atoms with Crippen molar-refractivity contribution >= 4 is 34.1 Å². The molecule has 1 amide bonds. The van der Waals surface area contributed by atoms with Crippen molar-refractivity contribution in [3.05, 3.63) is 71.8 Å². The third-order valence-corrected chi connectivity index (χ3v) is 5.96. The summed E-state index contributed by atoms with van der Waals surface area (Å²) in [6.45, 7) is 3.23. The zero-order valence-electron chi connectivity index (χ0n) is 15.1. The van der Waals surface area contributed by atoms with Gasteiger partial charge in [-0.25, -0.2) is 0 Å². The maximum absolute atomic E-state index is 12.3. The Morgan fingerprint density at radius 2 is 1.70 bits per heavy atom. The Bertz CT molecular complexity index is 839. The van der Waals surface area contributed by atoms with E-state index in [2.05, 4.69) is 45.1 Å². The lowest BCUT2D eigenvalue weighted by Gasteiger charge is -2.10. The number of nitrogens with one attached hydrogen (secondary N) is 2. The Balaban J connectivity index is 1.41. The predicted octanol–water partition coefficient (Wildman–Crippen LogP) is 3.99. The molecule has 1 aromatic heterocycles. The van der Waals surface area contributed by atoms with Crippen LogP contribution in [0.25, 0.3) is 0 Å². The van der Waals surface area contributed by atoms with Gasteiger partial charge < -0.3 is 10.6 Å². The Hall–Kier alpha value is -2.38. The van der Waals surface area contributed by atoms with Gasteiger partial charge in [0.1, 0.15) is 0 Å². The molecular formula is C20H22N4OS2. The lowest BCUT2D eigenvalue weighted by Crippen LogP contribution is -2.32. The van der Waals surface area contributed by atoms with E-state index in [1.807, 2.05) is 43.3 Å². The van der Waals surface area contributed by atoms with Crippen LogP contribution in [0.15, 0.2) is 65.0 Å². The Morgan fingerprint density at radius 1 is 1.04 bits per heavy atom. The van der Waals surface area contributed by atoms with Gasteiger partial charge >= 0.3 is 0 Å². The summed E-state index contributed by atoms with van der Waals surface area (Å²) >= 11 is 2.90. The normalized spacial score (nSPS) is 11.7. The summed E-state index contributed by atoms with van der Waals surface area (Å²) in [6.07, 6.45) is 0.830. The van der Waals surface area contributed by atoms with Crippen LogP contribution in [-0.2, 0) is 17.8 Å². The fraction of sp³-hybridized carbons (Fsp3) is 0.250. The molecule has 3 rings (SSSR count). The molecule has 1 unspecified atom stereocenters. The highest BCUT2D eigenvalue weighted by atomic mass is 32.2. The molecule has 1 atom stereocenters. The monoisotopic (exact) mass is 398 g/mol. The van der Waals surface area contributed by atoms with Gasteiger partial charge in [-0.2, -0.15) is 0 Å². The van der Waals surface area contributed by atoms with Crippen molar-refractivity contribution in [2.24, 2.45) is 0 Å². The third-order valence-electron chi connectivity index (χ3n) is 3.90. The molecule has 2 N–H and O–H groups in total. The van der Waals surface area contributed by atoms with Crippen molar-refractivity contribution in [3.63, 3.8) is 0 Å². The van der Waals surface area contributed by atoms with E-state index in [0.717, 1.165) is 15.9 Å². The van der Waals surface area contributed by atoms with Crippen molar-refractivity contribution in [1.82, 2.24) is 15.5 Å². The molecule has 7 heteroatoms. The average molecular weight is 399 g/mol. The van der Waals surface area contributed by atoms with Crippen molar-refractivity contribution in [3.8, 4) is 0 Å². The minimum absolute atomic E-state index is 0.0184. The van der Waals surface area contributed by atoms with Gasteiger partial charge in [0, 0.05) is 13.1 Å². The van der Waals surface area contributed by atoms with Crippen LogP contribution in [0.3, 0.4) is 0 Å². The molecule has 1 heterocycles. The standard InChI is InChI=1S/C20H22N4OS2/c1-15(18(25)21-13-12-16-8-4-2-5-9-16)26-20-24-23-19(27-20)22-14-17-10-6-3-7-11-17/h2-11,15H,12-14H2,1H3,(H,21,25)(H,22,23). The molecule has 0 bridgehead atoms. The SMILES string of the molecule is CC(Sc1nnc(NCc2ccccc2)s1)C(=O)NCCc1ccccc1. The quantitative estimate of drug-likeness (QED) is 0.534. The molecule has 0 saturated heterocycles. The van der Waals surface area contributed by atoms with E-state index in [0.29, 0.717) is 13.1 Å². The van der Waals surface area contributed by atoms with Crippen LogP contribution in [0.2, 0.25) is 0 Å². The van der Waals surface area contributed by atoms with Gasteiger partial charge in [-0.3, -0.25) is 4.79 Å². The summed E-state index contributed by atoms with van der Waals surface area (Å²) in [6, 6.07) is 20.3. The topological polar surface area (TPSA) is 66.9 Å². The van der Waals surface area contributed by atoms with Crippen molar-refractivity contribution in [2.75, 3.05) is 11.9 Å². The second kappa shape index (κ2) is 10.1.